The van der Waals surface area contributed by atoms with E-state index in [1.54, 1.807) is 6.92 Å². The zero-order valence-electron chi connectivity index (χ0n) is 10.5. The molecule has 0 radical (unpaired) electrons. The number of carbonyl (C=O) groups is 3. The van der Waals surface area contributed by atoms with Gasteiger partial charge in [0.1, 0.15) is 0 Å². The van der Waals surface area contributed by atoms with E-state index in [0.717, 1.165) is 6.42 Å². The Hall–Kier alpha value is -1.59. The number of esters is 1. The van der Waals surface area contributed by atoms with E-state index in [-0.39, 0.29) is 43.2 Å². The molecule has 0 rings (SSSR count). The molecular formula is C11H20N2O4. The summed E-state index contributed by atoms with van der Waals surface area (Å²) in [6.45, 7) is 3.85. The normalized spacial score (nSPS) is 11.5. The largest absolute Gasteiger partial charge is 0.469 e. The van der Waals surface area contributed by atoms with Crippen LogP contribution in [0, 0.1) is 5.92 Å². The first kappa shape index (κ1) is 15.4. The summed E-state index contributed by atoms with van der Waals surface area (Å²) >= 11 is 0. The average Bonchev–Trinajstić information content (AvgIpc) is 2.34. The molecule has 98 valence electrons. The number of rotatable bonds is 7. The van der Waals surface area contributed by atoms with Gasteiger partial charge < -0.3 is 15.4 Å². The zero-order valence-corrected chi connectivity index (χ0v) is 10.5. The van der Waals surface area contributed by atoms with Gasteiger partial charge in [0.15, 0.2) is 0 Å². The topological polar surface area (TPSA) is 84.5 Å². The Bertz CT molecular complexity index is 279. The van der Waals surface area contributed by atoms with E-state index < -0.39 is 0 Å². The van der Waals surface area contributed by atoms with Crippen molar-refractivity contribution in [3.8, 4) is 0 Å². The van der Waals surface area contributed by atoms with Crippen LogP contribution in [0.25, 0.3) is 0 Å². The number of nitrogens with one attached hydrogen (secondary N) is 2. The predicted octanol–water partition coefficient (Wildman–Crippen LogP) is -0.172. The molecule has 6 heteroatoms. The second-order valence-corrected chi connectivity index (χ2v) is 3.70. The summed E-state index contributed by atoms with van der Waals surface area (Å²) in [6, 6.07) is 0. The van der Waals surface area contributed by atoms with Crippen LogP contribution in [0.1, 0.15) is 26.7 Å². The molecular weight excluding hydrogens is 224 g/mol. The average molecular weight is 244 g/mol. The molecule has 6 nitrogen and oxygen atoms in total. The van der Waals surface area contributed by atoms with Crippen molar-refractivity contribution in [2.24, 2.45) is 5.92 Å². The van der Waals surface area contributed by atoms with Gasteiger partial charge in [0, 0.05) is 12.5 Å². The SMILES string of the molecule is CCC(C)C(=O)NCC(=O)NCCC(=O)OC. The van der Waals surface area contributed by atoms with Crippen molar-refractivity contribution >= 4 is 17.8 Å². The first-order chi connectivity index (χ1) is 8.01. The van der Waals surface area contributed by atoms with Crippen molar-refractivity contribution in [3.05, 3.63) is 0 Å². The van der Waals surface area contributed by atoms with Crippen LogP contribution in [0.3, 0.4) is 0 Å². The van der Waals surface area contributed by atoms with Crippen molar-refractivity contribution < 1.29 is 19.1 Å². The van der Waals surface area contributed by atoms with Crippen LogP contribution in [0.2, 0.25) is 0 Å². The molecule has 0 bridgehead atoms. The van der Waals surface area contributed by atoms with E-state index >= 15 is 0 Å². The fourth-order valence-corrected chi connectivity index (χ4v) is 0.996. The summed E-state index contributed by atoms with van der Waals surface area (Å²) in [5.74, 6) is -0.937. The summed E-state index contributed by atoms with van der Waals surface area (Å²) in [5, 5.41) is 5.02. The molecule has 1 unspecified atom stereocenters. The highest BCUT2D eigenvalue weighted by Gasteiger charge is 2.11. The molecule has 0 aromatic rings. The van der Waals surface area contributed by atoms with Crippen LogP contribution in [-0.2, 0) is 19.1 Å². The summed E-state index contributed by atoms with van der Waals surface area (Å²) in [5.41, 5.74) is 0. The number of hydrogen-bond acceptors (Lipinski definition) is 4. The minimum absolute atomic E-state index is 0.0651. The number of carbonyl (C=O) groups excluding carboxylic acids is 3. The van der Waals surface area contributed by atoms with Crippen LogP contribution in [0.4, 0.5) is 0 Å². The second kappa shape index (κ2) is 8.55. The van der Waals surface area contributed by atoms with Crippen molar-refractivity contribution in [3.63, 3.8) is 0 Å². The lowest BCUT2D eigenvalue weighted by atomic mass is 10.1. The van der Waals surface area contributed by atoms with Crippen LogP contribution < -0.4 is 10.6 Å². The van der Waals surface area contributed by atoms with Gasteiger partial charge in [-0.1, -0.05) is 13.8 Å². The number of amides is 2. The van der Waals surface area contributed by atoms with Crippen molar-refractivity contribution in [1.82, 2.24) is 10.6 Å². The molecule has 0 saturated heterocycles. The van der Waals surface area contributed by atoms with E-state index in [1.165, 1.54) is 7.11 Å². The highest BCUT2D eigenvalue weighted by Crippen LogP contribution is 1.98. The maximum atomic E-state index is 11.3. The lowest BCUT2D eigenvalue weighted by molar-refractivity contribution is -0.140. The molecule has 0 fully saturated rings. The predicted molar refractivity (Wildman–Crippen MR) is 62.1 cm³/mol. The van der Waals surface area contributed by atoms with Gasteiger partial charge in [0.2, 0.25) is 11.8 Å². The van der Waals surface area contributed by atoms with Gasteiger partial charge >= 0.3 is 5.97 Å². The van der Waals surface area contributed by atoms with Crippen molar-refractivity contribution in [2.45, 2.75) is 26.7 Å². The van der Waals surface area contributed by atoms with Crippen LogP contribution >= 0.6 is 0 Å². The summed E-state index contributed by atoms with van der Waals surface area (Å²) in [4.78, 5) is 33.3. The minimum atomic E-state index is -0.381. The first-order valence-corrected chi connectivity index (χ1v) is 5.62. The molecule has 2 amide bonds. The van der Waals surface area contributed by atoms with Crippen LogP contribution in [0.5, 0.6) is 0 Å². The van der Waals surface area contributed by atoms with E-state index in [2.05, 4.69) is 15.4 Å². The lowest BCUT2D eigenvalue weighted by Crippen LogP contribution is -2.39. The standard InChI is InChI=1S/C11H20N2O4/c1-4-8(2)11(16)13-7-9(14)12-6-5-10(15)17-3/h8H,4-7H2,1-3H3,(H,12,14)(H,13,16). The molecule has 0 aromatic carbocycles. The van der Waals surface area contributed by atoms with Gasteiger partial charge in [-0.25, -0.2) is 0 Å². The van der Waals surface area contributed by atoms with Gasteiger partial charge in [0.25, 0.3) is 0 Å². The Morgan fingerprint density at radius 3 is 2.41 bits per heavy atom. The van der Waals surface area contributed by atoms with Gasteiger partial charge in [-0.05, 0) is 6.42 Å². The highest BCUT2D eigenvalue weighted by atomic mass is 16.5. The monoisotopic (exact) mass is 244 g/mol. The summed E-state index contributed by atoms with van der Waals surface area (Å²) in [6.07, 6.45) is 0.858. The third-order valence-corrected chi connectivity index (χ3v) is 2.36. The first-order valence-electron chi connectivity index (χ1n) is 5.62. The summed E-state index contributed by atoms with van der Waals surface area (Å²) in [7, 11) is 1.29. The lowest BCUT2D eigenvalue weighted by Gasteiger charge is -2.09. The van der Waals surface area contributed by atoms with Gasteiger partial charge in [0.05, 0.1) is 20.1 Å². The van der Waals surface area contributed by atoms with Crippen molar-refractivity contribution in [2.75, 3.05) is 20.2 Å². The van der Waals surface area contributed by atoms with E-state index in [9.17, 15) is 14.4 Å². The molecule has 0 aliphatic carbocycles. The Balaban J connectivity index is 3.66. The number of ether oxygens (including phenoxy) is 1. The Labute approximate surface area is 101 Å². The van der Waals surface area contributed by atoms with Gasteiger partial charge in [-0.15, -0.1) is 0 Å². The molecule has 0 spiro atoms. The fourth-order valence-electron chi connectivity index (χ4n) is 0.996. The fraction of sp³-hybridized carbons (Fsp3) is 0.727. The van der Waals surface area contributed by atoms with Gasteiger partial charge in [-0.2, -0.15) is 0 Å². The molecule has 0 aliphatic rings. The Kier molecular flexibility index (Phi) is 7.75. The Morgan fingerprint density at radius 1 is 1.24 bits per heavy atom. The van der Waals surface area contributed by atoms with E-state index in [0.29, 0.717) is 0 Å². The quantitative estimate of drug-likeness (QED) is 0.609. The van der Waals surface area contributed by atoms with Crippen molar-refractivity contribution in [1.29, 1.82) is 0 Å². The van der Waals surface area contributed by atoms with Gasteiger partial charge in [-0.3, -0.25) is 14.4 Å². The van der Waals surface area contributed by atoms with Crippen LogP contribution in [0.15, 0.2) is 0 Å². The zero-order chi connectivity index (χ0) is 13.3. The maximum absolute atomic E-state index is 11.3. The summed E-state index contributed by atoms with van der Waals surface area (Å²) < 4.78 is 4.42. The molecule has 17 heavy (non-hydrogen) atoms. The molecule has 0 aliphatic heterocycles. The molecule has 0 aromatic heterocycles. The number of methoxy groups -OCH3 is 1. The van der Waals surface area contributed by atoms with E-state index in [4.69, 9.17) is 0 Å². The molecule has 1 atom stereocenters. The Morgan fingerprint density at radius 2 is 1.88 bits per heavy atom. The smallest absolute Gasteiger partial charge is 0.307 e. The minimum Gasteiger partial charge on any atom is -0.469 e. The number of hydrogen-bond donors (Lipinski definition) is 2. The van der Waals surface area contributed by atoms with Crippen LogP contribution in [-0.4, -0.2) is 38.0 Å². The molecule has 0 heterocycles. The second-order valence-electron chi connectivity index (χ2n) is 3.70. The highest BCUT2D eigenvalue weighted by molar-refractivity contribution is 5.85. The maximum Gasteiger partial charge on any atom is 0.307 e. The third kappa shape index (κ3) is 7.32. The van der Waals surface area contributed by atoms with E-state index in [1.807, 2.05) is 6.92 Å². The third-order valence-electron chi connectivity index (χ3n) is 2.36. The molecule has 0 saturated carbocycles. The molecule has 2 N–H and O–H groups in total.